The molecule has 0 aromatic heterocycles. The van der Waals surface area contributed by atoms with Crippen molar-refractivity contribution in [3.05, 3.63) is 143 Å². The lowest BCUT2D eigenvalue weighted by Gasteiger charge is -2.10. The predicted molar refractivity (Wildman–Crippen MR) is 178 cm³/mol. The van der Waals surface area contributed by atoms with Crippen molar-refractivity contribution in [2.24, 2.45) is 0 Å². The maximum absolute atomic E-state index is 13.6. The Labute approximate surface area is 274 Å². The van der Waals surface area contributed by atoms with Gasteiger partial charge in [0.05, 0.1) is 20.6 Å². The molecule has 0 fully saturated rings. The van der Waals surface area contributed by atoms with E-state index in [0.717, 1.165) is 22.3 Å². The molecule has 0 spiro atoms. The van der Waals surface area contributed by atoms with Gasteiger partial charge in [-0.1, -0.05) is 48.5 Å². The van der Waals surface area contributed by atoms with E-state index < -0.39 is 20.6 Å². The number of hydrogen-bond donors (Lipinski definition) is 1. The number of rotatable bonds is 5. The number of fused-ring (bicyclic) bond motifs is 6. The van der Waals surface area contributed by atoms with Crippen LogP contribution in [0.15, 0.2) is 140 Å². The molecule has 0 saturated heterocycles. The van der Waals surface area contributed by atoms with Crippen molar-refractivity contribution in [3.8, 4) is 40.5 Å². The zero-order chi connectivity index (χ0) is 32.9. The maximum atomic E-state index is 13.6. The zero-order valence-corrected chi connectivity index (χ0v) is 26.4. The quantitative estimate of drug-likeness (QED) is 0.199. The number of sulfone groups is 1. The van der Waals surface area contributed by atoms with Crippen LogP contribution < -0.4 is 5.32 Å². The molecule has 5 aromatic carbocycles. The fourth-order valence-electron chi connectivity index (χ4n) is 6.29. The van der Waals surface area contributed by atoms with E-state index in [1.165, 1.54) is 18.2 Å². The van der Waals surface area contributed by atoms with Crippen molar-refractivity contribution >= 4 is 31.8 Å². The second-order valence-corrected chi connectivity index (χ2v) is 14.3. The Balaban J connectivity index is 1.46. The first-order valence-electron chi connectivity index (χ1n) is 14.4. The summed E-state index contributed by atoms with van der Waals surface area (Å²) in [6.45, 7) is 0. The summed E-state index contributed by atoms with van der Waals surface area (Å²) in [4.78, 5) is 1.41. The molecule has 1 N–H and O–H groups in total. The van der Waals surface area contributed by atoms with Crippen LogP contribution in [0.4, 0.5) is 0 Å². The third-order valence-corrected chi connectivity index (χ3v) is 11.6. The monoisotopic (exact) mass is 646 g/mol. The van der Waals surface area contributed by atoms with Crippen LogP contribution in [0.5, 0.6) is 0 Å². The van der Waals surface area contributed by atoms with Gasteiger partial charge in [-0.25, -0.2) is 12.6 Å². The molecule has 0 aliphatic heterocycles. The second kappa shape index (κ2) is 11.4. The summed E-state index contributed by atoms with van der Waals surface area (Å²) in [5.41, 5.74) is 6.61. The number of nitrogens with zero attached hydrogens (tertiary/aromatic N) is 3. The highest BCUT2D eigenvalue weighted by atomic mass is 32.2. The molecular formula is C38H22N4O3S2. The Kier molecular flexibility index (Phi) is 7.18. The zero-order valence-electron chi connectivity index (χ0n) is 24.8. The van der Waals surface area contributed by atoms with E-state index >= 15 is 0 Å². The van der Waals surface area contributed by atoms with Gasteiger partial charge in [-0.3, -0.25) is 0 Å². The van der Waals surface area contributed by atoms with Crippen LogP contribution >= 0.6 is 0 Å². The summed E-state index contributed by atoms with van der Waals surface area (Å²) in [6, 6.07) is 37.6. The number of allylic oxidation sites excluding steroid dienone is 2. The summed E-state index contributed by atoms with van der Waals surface area (Å²) in [5, 5.41) is 33.2. The van der Waals surface area contributed by atoms with E-state index in [9.17, 15) is 28.4 Å². The fraction of sp³-hybridized carbons (Fsp3) is 0.0263. The molecule has 0 heterocycles. The summed E-state index contributed by atoms with van der Waals surface area (Å²) < 4.78 is 40.6. The van der Waals surface area contributed by atoms with E-state index in [4.69, 9.17) is 0 Å². The molecule has 9 heteroatoms. The van der Waals surface area contributed by atoms with Gasteiger partial charge in [-0.05, 0) is 105 Å². The molecule has 2 aliphatic rings. The molecule has 0 saturated carbocycles. The number of nitrogens with one attached hydrogen (secondary N) is 1. The van der Waals surface area contributed by atoms with Gasteiger partial charge in [0, 0.05) is 28.0 Å². The van der Waals surface area contributed by atoms with Crippen LogP contribution in [0, 0.1) is 34.0 Å². The fourth-order valence-corrected chi connectivity index (χ4v) is 8.69. The van der Waals surface area contributed by atoms with Crippen LogP contribution in [0.3, 0.4) is 0 Å². The van der Waals surface area contributed by atoms with Gasteiger partial charge in [0.1, 0.15) is 29.5 Å². The molecule has 0 radical (unpaired) electrons. The SMILES string of the molecule is CN/C(C#N)=C1/c2cc(S(=O)c3ccccc3)ccc2-c2cc3c(cc21)C(=C(C#N)C#N)c1cc(S(=O)(=O)c2ccccc2)ccc1-3. The molecule has 224 valence electrons. The Morgan fingerprint density at radius 3 is 1.74 bits per heavy atom. The van der Waals surface area contributed by atoms with E-state index in [1.807, 2.05) is 60.7 Å². The largest absolute Gasteiger partial charge is 0.379 e. The molecule has 0 bridgehead atoms. The standard InChI is InChI=1S/C38H22N4O3S2/c1-42-36(22-41)38-32-16-25(46(43)24-8-4-2-5-9-24)12-14-28(32)31-18-30-29-15-13-27(47(44,45)26-10-6-3-7-11-26)17-33(29)37(23(20-39)21-40)34(30)19-35(31)38/h2-19,42H,1H3/b38-36-. The van der Waals surface area contributed by atoms with Crippen LogP contribution in [0.25, 0.3) is 33.4 Å². The van der Waals surface area contributed by atoms with Crippen LogP contribution in [0.2, 0.25) is 0 Å². The van der Waals surface area contributed by atoms with Crippen molar-refractivity contribution in [1.82, 2.24) is 5.32 Å². The highest BCUT2D eigenvalue weighted by molar-refractivity contribution is 7.91. The Morgan fingerprint density at radius 2 is 1.13 bits per heavy atom. The van der Waals surface area contributed by atoms with Gasteiger partial charge in [-0.15, -0.1) is 0 Å². The summed E-state index contributed by atoms with van der Waals surface area (Å²) >= 11 is 0. The third-order valence-electron chi connectivity index (χ3n) is 8.42. The highest BCUT2D eigenvalue weighted by Crippen LogP contribution is 2.54. The minimum atomic E-state index is -3.88. The first-order chi connectivity index (χ1) is 22.8. The molecule has 7 nitrogen and oxygen atoms in total. The Bertz CT molecular complexity index is 2480. The van der Waals surface area contributed by atoms with E-state index in [1.54, 1.807) is 49.5 Å². The van der Waals surface area contributed by atoms with Gasteiger partial charge in [0.2, 0.25) is 9.84 Å². The van der Waals surface area contributed by atoms with E-state index in [-0.39, 0.29) is 15.4 Å². The van der Waals surface area contributed by atoms with Crippen molar-refractivity contribution in [1.29, 1.82) is 15.8 Å². The minimum Gasteiger partial charge on any atom is -0.379 e. The van der Waals surface area contributed by atoms with E-state index in [2.05, 4.69) is 11.4 Å². The average Bonchev–Trinajstić information content (AvgIpc) is 3.60. The second-order valence-electron chi connectivity index (χ2n) is 10.8. The first-order valence-corrected chi connectivity index (χ1v) is 17.1. The lowest BCUT2D eigenvalue weighted by molar-refractivity contribution is 0.596. The van der Waals surface area contributed by atoms with Crippen LogP contribution in [0.1, 0.15) is 22.3 Å². The Hall–Kier alpha value is -6.05. The highest BCUT2D eigenvalue weighted by Gasteiger charge is 2.34. The smallest absolute Gasteiger partial charge is 0.206 e. The number of nitriles is 3. The van der Waals surface area contributed by atoms with Gasteiger partial charge in [0.25, 0.3) is 0 Å². The summed E-state index contributed by atoms with van der Waals surface area (Å²) in [7, 11) is -3.69. The first kappa shape index (κ1) is 29.6. The number of benzene rings is 5. The molecule has 7 rings (SSSR count). The van der Waals surface area contributed by atoms with Crippen LogP contribution in [-0.2, 0) is 20.6 Å². The molecule has 2 aliphatic carbocycles. The van der Waals surface area contributed by atoms with Crippen molar-refractivity contribution in [2.45, 2.75) is 19.6 Å². The number of hydrogen-bond acceptors (Lipinski definition) is 7. The lowest BCUT2D eigenvalue weighted by Crippen LogP contribution is -2.07. The summed E-state index contributed by atoms with van der Waals surface area (Å²) in [5.74, 6) is 0. The summed E-state index contributed by atoms with van der Waals surface area (Å²) in [6.07, 6.45) is 0. The normalized spacial score (nSPS) is 14.0. The Morgan fingerprint density at radius 1 is 0.574 bits per heavy atom. The predicted octanol–water partition coefficient (Wildman–Crippen LogP) is 7.00. The molecule has 1 unspecified atom stereocenters. The molecule has 47 heavy (non-hydrogen) atoms. The van der Waals surface area contributed by atoms with Crippen LogP contribution in [-0.4, -0.2) is 19.7 Å². The molecule has 1 atom stereocenters. The molecular weight excluding hydrogens is 625 g/mol. The van der Waals surface area contributed by atoms with Gasteiger partial charge in [-0.2, -0.15) is 15.8 Å². The van der Waals surface area contributed by atoms with Gasteiger partial charge >= 0.3 is 0 Å². The minimum absolute atomic E-state index is 0.0438. The molecule has 0 amide bonds. The van der Waals surface area contributed by atoms with Gasteiger partial charge < -0.3 is 5.32 Å². The van der Waals surface area contributed by atoms with Gasteiger partial charge in [0.15, 0.2) is 0 Å². The lowest BCUT2D eigenvalue weighted by atomic mass is 9.93. The van der Waals surface area contributed by atoms with Crippen molar-refractivity contribution < 1.29 is 12.6 Å². The van der Waals surface area contributed by atoms with E-state index in [0.29, 0.717) is 48.9 Å². The molecule has 5 aromatic rings. The maximum Gasteiger partial charge on any atom is 0.206 e. The third kappa shape index (κ3) is 4.59. The van der Waals surface area contributed by atoms with Crippen molar-refractivity contribution in [2.75, 3.05) is 7.05 Å². The van der Waals surface area contributed by atoms with Crippen molar-refractivity contribution in [3.63, 3.8) is 0 Å². The average molecular weight is 647 g/mol. The topological polar surface area (TPSA) is 135 Å².